The molecule has 2 N–H and O–H groups in total. The standard InChI is InChI=1S/C27H28BrN5O6/c1-2-38-26(37)20-21-25(36)33(19(13-34)15-8-4-3-5-9-15)23(27(21)12-16(28)22(20)39-27)24(35)29-14-32-18-11-7-6-10-17(18)30-31-32/h3-11,16,19-23,34H,2,12-14H2,1H3,(H,29,35)/t16?,19-,20-,21+,22-,23-,27+/m1/s1. The van der Waals surface area contributed by atoms with Crippen LogP contribution in [0.5, 0.6) is 0 Å². The van der Waals surface area contributed by atoms with Gasteiger partial charge >= 0.3 is 5.97 Å². The molecule has 0 radical (unpaired) electrons. The zero-order chi connectivity index (χ0) is 27.3. The molecule has 3 aliphatic rings. The third-order valence-corrected chi connectivity index (χ3v) is 8.90. The monoisotopic (exact) mass is 597 g/mol. The predicted molar refractivity (Wildman–Crippen MR) is 141 cm³/mol. The maximum Gasteiger partial charge on any atom is 0.312 e. The average Bonchev–Trinajstić information content (AvgIpc) is 3.66. The molecule has 1 spiro atoms. The van der Waals surface area contributed by atoms with Gasteiger partial charge in [0.05, 0.1) is 42.7 Å². The van der Waals surface area contributed by atoms with Crippen LogP contribution in [0.1, 0.15) is 24.9 Å². The van der Waals surface area contributed by atoms with E-state index in [1.165, 1.54) is 4.90 Å². The number of aromatic nitrogens is 3. The van der Waals surface area contributed by atoms with Gasteiger partial charge in [0, 0.05) is 4.83 Å². The highest BCUT2D eigenvalue weighted by molar-refractivity contribution is 9.09. The average molecular weight is 598 g/mol. The molecule has 0 aliphatic carbocycles. The molecule has 4 heterocycles. The quantitative estimate of drug-likeness (QED) is 0.295. The molecule has 1 unspecified atom stereocenters. The summed E-state index contributed by atoms with van der Waals surface area (Å²) in [5.74, 6) is -3.20. The number of nitrogens with zero attached hydrogens (tertiary/aromatic N) is 4. The van der Waals surface area contributed by atoms with E-state index in [0.717, 1.165) is 5.52 Å². The van der Waals surface area contributed by atoms with E-state index >= 15 is 0 Å². The highest BCUT2D eigenvalue weighted by Crippen LogP contribution is 2.61. The number of alkyl halides is 1. The Balaban J connectivity index is 1.39. The number of ether oxygens (including phenoxy) is 2. The maximum atomic E-state index is 14.2. The number of rotatable bonds is 8. The van der Waals surface area contributed by atoms with Crippen molar-refractivity contribution in [3.05, 3.63) is 60.2 Å². The van der Waals surface area contributed by atoms with Crippen LogP contribution in [0.25, 0.3) is 11.0 Å². The molecule has 3 aliphatic heterocycles. The summed E-state index contributed by atoms with van der Waals surface area (Å²) in [6, 6.07) is 14.5. The molecule has 2 amide bonds. The van der Waals surface area contributed by atoms with Crippen molar-refractivity contribution in [1.29, 1.82) is 0 Å². The van der Waals surface area contributed by atoms with E-state index in [9.17, 15) is 19.5 Å². The van der Waals surface area contributed by atoms with Gasteiger partial charge in [0.1, 0.15) is 23.8 Å². The molecule has 7 atom stereocenters. The van der Waals surface area contributed by atoms with Crippen LogP contribution >= 0.6 is 15.9 Å². The Labute approximate surface area is 232 Å². The number of amides is 2. The fourth-order valence-electron chi connectivity index (χ4n) is 6.52. The molecule has 3 fully saturated rings. The van der Waals surface area contributed by atoms with Crippen LogP contribution in [0.3, 0.4) is 0 Å². The van der Waals surface area contributed by atoms with E-state index in [0.29, 0.717) is 17.5 Å². The summed E-state index contributed by atoms with van der Waals surface area (Å²) in [4.78, 5) is 42.5. The van der Waals surface area contributed by atoms with E-state index < -0.39 is 60.0 Å². The Morgan fingerprint density at radius 2 is 1.97 bits per heavy atom. The summed E-state index contributed by atoms with van der Waals surface area (Å²) >= 11 is 3.63. The molecule has 3 saturated heterocycles. The molecule has 2 aromatic carbocycles. The third kappa shape index (κ3) is 3.95. The number of benzene rings is 2. The Kier molecular flexibility index (Phi) is 6.64. The summed E-state index contributed by atoms with van der Waals surface area (Å²) < 4.78 is 13.4. The summed E-state index contributed by atoms with van der Waals surface area (Å²) in [5, 5.41) is 21.7. The van der Waals surface area contributed by atoms with Gasteiger partial charge in [-0.3, -0.25) is 14.4 Å². The minimum absolute atomic E-state index is 0.0101. The van der Waals surface area contributed by atoms with Gasteiger partial charge in [-0.15, -0.1) is 5.10 Å². The topological polar surface area (TPSA) is 136 Å². The molecular weight excluding hydrogens is 570 g/mol. The lowest BCUT2D eigenvalue weighted by molar-refractivity contribution is -0.155. The van der Waals surface area contributed by atoms with Crippen molar-refractivity contribution in [2.75, 3.05) is 13.2 Å². The van der Waals surface area contributed by atoms with Crippen LogP contribution < -0.4 is 5.32 Å². The number of aliphatic hydroxyl groups excluding tert-OH is 1. The van der Waals surface area contributed by atoms with Gasteiger partial charge in [0.2, 0.25) is 11.8 Å². The second-order valence-electron chi connectivity index (χ2n) is 10.0. The van der Waals surface area contributed by atoms with E-state index in [2.05, 4.69) is 31.6 Å². The lowest BCUT2D eigenvalue weighted by Gasteiger charge is -2.37. The van der Waals surface area contributed by atoms with Crippen LogP contribution in [0.4, 0.5) is 0 Å². The maximum absolute atomic E-state index is 14.2. The number of likely N-dealkylation sites (tertiary alicyclic amines) is 1. The smallest absolute Gasteiger partial charge is 0.312 e. The van der Waals surface area contributed by atoms with E-state index in [1.54, 1.807) is 35.9 Å². The van der Waals surface area contributed by atoms with Crippen LogP contribution in [0, 0.1) is 11.8 Å². The number of aliphatic hydroxyl groups is 1. The Morgan fingerprint density at radius 3 is 2.72 bits per heavy atom. The Bertz CT molecular complexity index is 1420. The van der Waals surface area contributed by atoms with Gasteiger partial charge in [-0.1, -0.05) is 63.6 Å². The van der Waals surface area contributed by atoms with Crippen LogP contribution in [-0.4, -0.2) is 78.6 Å². The lowest BCUT2D eigenvalue weighted by atomic mass is 9.70. The second-order valence-corrected chi connectivity index (χ2v) is 11.2. The summed E-state index contributed by atoms with van der Waals surface area (Å²) in [6.07, 6.45) is -0.267. The third-order valence-electron chi connectivity index (χ3n) is 8.05. The van der Waals surface area contributed by atoms with Gasteiger partial charge < -0.3 is 24.8 Å². The molecule has 6 rings (SSSR count). The minimum atomic E-state index is -1.27. The van der Waals surface area contributed by atoms with E-state index in [4.69, 9.17) is 9.47 Å². The minimum Gasteiger partial charge on any atom is -0.466 e. The number of nitrogens with one attached hydrogen (secondary N) is 1. The van der Waals surface area contributed by atoms with Crippen molar-refractivity contribution in [3.8, 4) is 0 Å². The predicted octanol–water partition coefficient (Wildman–Crippen LogP) is 1.55. The second kappa shape index (κ2) is 10.00. The Morgan fingerprint density at radius 1 is 1.23 bits per heavy atom. The zero-order valence-corrected chi connectivity index (χ0v) is 22.7. The fraction of sp³-hybridized carbons (Fsp3) is 0.444. The number of fused-ring (bicyclic) bond motifs is 2. The van der Waals surface area contributed by atoms with E-state index in [1.807, 2.05) is 30.3 Å². The molecular formula is C27H28BrN5O6. The largest absolute Gasteiger partial charge is 0.466 e. The van der Waals surface area contributed by atoms with Gasteiger partial charge in [-0.05, 0) is 31.0 Å². The lowest BCUT2D eigenvalue weighted by Crippen LogP contribution is -2.56. The van der Waals surface area contributed by atoms with Gasteiger partial charge in [-0.25, -0.2) is 4.68 Å². The van der Waals surface area contributed by atoms with Crippen LogP contribution in [0.2, 0.25) is 0 Å². The summed E-state index contributed by atoms with van der Waals surface area (Å²) in [5.41, 5.74) is 0.822. The van der Waals surface area contributed by atoms with Gasteiger partial charge in [-0.2, -0.15) is 0 Å². The summed E-state index contributed by atoms with van der Waals surface area (Å²) in [6.45, 7) is 1.46. The molecule has 0 saturated carbocycles. The number of esters is 1. The number of halogens is 1. The highest BCUT2D eigenvalue weighted by Gasteiger charge is 2.77. The fourth-order valence-corrected chi connectivity index (χ4v) is 7.47. The normalized spacial score (nSPS) is 30.0. The van der Waals surface area contributed by atoms with Crippen molar-refractivity contribution in [2.45, 2.75) is 48.6 Å². The van der Waals surface area contributed by atoms with Gasteiger partial charge in [0.25, 0.3) is 0 Å². The number of para-hydroxylation sites is 1. The van der Waals surface area contributed by atoms with Crippen LogP contribution in [-0.2, 0) is 30.5 Å². The molecule has 11 nitrogen and oxygen atoms in total. The molecule has 1 aromatic heterocycles. The first-order chi connectivity index (χ1) is 18.9. The molecule has 3 aromatic rings. The molecule has 2 bridgehead atoms. The summed E-state index contributed by atoms with van der Waals surface area (Å²) in [7, 11) is 0. The molecule has 204 valence electrons. The Hall–Kier alpha value is -3.35. The zero-order valence-electron chi connectivity index (χ0n) is 21.1. The first-order valence-corrected chi connectivity index (χ1v) is 13.8. The number of hydrogen-bond donors (Lipinski definition) is 2. The number of hydrogen-bond acceptors (Lipinski definition) is 8. The highest BCUT2D eigenvalue weighted by atomic mass is 79.9. The first kappa shape index (κ1) is 25.9. The number of carbonyl (C=O) groups excluding carboxylic acids is 3. The molecule has 12 heteroatoms. The van der Waals surface area contributed by atoms with Crippen molar-refractivity contribution in [1.82, 2.24) is 25.2 Å². The van der Waals surface area contributed by atoms with Gasteiger partial charge in [0.15, 0.2) is 0 Å². The van der Waals surface area contributed by atoms with Crippen molar-refractivity contribution >= 4 is 44.7 Å². The first-order valence-electron chi connectivity index (χ1n) is 12.9. The van der Waals surface area contributed by atoms with Crippen molar-refractivity contribution < 1.29 is 29.0 Å². The van der Waals surface area contributed by atoms with E-state index in [-0.39, 0.29) is 18.1 Å². The van der Waals surface area contributed by atoms with Crippen molar-refractivity contribution in [2.24, 2.45) is 11.8 Å². The number of carbonyl (C=O) groups is 3. The van der Waals surface area contributed by atoms with Crippen molar-refractivity contribution in [3.63, 3.8) is 0 Å². The van der Waals surface area contributed by atoms with Crippen LogP contribution in [0.15, 0.2) is 54.6 Å². The molecule has 39 heavy (non-hydrogen) atoms. The SMILES string of the molecule is CCOC(=O)[C@H]1[C@@H]2O[C@@]3(CC2Br)[C@@H]1C(=O)N([C@H](CO)c1ccccc1)[C@@H]3C(=O)NCn1nnc2ccccc21.